The monoisotopic (exact) mass is 324 g/mol. The Bertz CT molecular complexity index is 831. The maximum atomic E-state index is 5.47. The minimum atomic E-state index is -0.0866. The van der Waals surface area contributed by atoms with Crippen molar-refractivity contribution in [1.82, 2.24) is 9.38 Å². The quantitative estimate of drug-likeness (QED) is 0.684. The van der Waals surface area contributed by atoms with Crippen molar-refractivity contribution in [2.75, 3.05) is 10.6 Å². The zero-order chi connectivity index (χ0) is 16.4. The molecule has 0 atom stereocenters. The highest BCUT2D eigenvalue weighted by atomic mass is 32.1. The van der Waals surface area contributed by atoms with E-state index in [-0.39, 0.29) is 5.41 Å². The summed E-state index contributed by atoms with van der Waals surface area (Å²) in [6.07, 6.45) is 1.99. The number of anilines is 2. The summed E-state index contributed by atoms with van der Waals surface area (Å²) in [6, 6.07) is 15.8. The summed E-state index contributed by atoms with van der Waals surface area (Å²) in [5.74, 6) is 0.904. The summed E-state index contributed by atoms with van der Waals surface area (Å²) in [7, 11) is 0. The molecule has 0 spiro atoms. The second-order valence-corrected chi connectivity index (χ2v) is 6.84. The first-order valence-corrected chi connectivity index (χ1v) is 7.96. The van der Waals surface area contributed by atoms with Gasteiger partial charge in [-0.2, -0.15) is 0 Å². The molecule has 0 unspecified atom stereocenters. The van der Waals surface area contributed by atoms with Crippen molar-refractivity contribution in [2.45, 2.75) is 26.2 Å². The highest BCUT2D eigenvalue weighted by Gasteiger charge is 2.24. The highest BCUT2D eigenvalue weighted by Crippen LogP contribution is 2.30. The normalized spacial score (nSPS) is 11.4. The summed E-state index contributed by atoms with van der Waals surface area (Å²) >= 11 is 5.47. The smallest absolute Gasteiger partial charge is 0.176 e. The van der Waals surface area contributed by atoms with E-state index in [1.54, 1.807) is 0 Å². The maximum absolute atomic E-state index is 5.47. The summed E-state index contributed by atoms with van der Waals surface area (Å²) < 4.78 is 2.03. The van der Waals surface area contributed by atoms with Crippen molar-refractivity contribution in [1.29, 1.82) is 0 Å². The molecule has 0 saturated carbocycles. The van der Waals surface area contributed by atoms with E-state index in [1.165, 1.54) is 0 Å². The Balaban J connectivity index is 1.94. The standard InChI is InChI=1S/C18H20N4S/c1-18(2,3)15-16(22-12-8-7-11-14(22)20-15)21-17(23)19-13-9-5-4-6-10-13/h4-12H,1-3H3,(H2,19,21,23). The third-order valence-electron chi connectivity index (χ3n) is 3.50. The number of fused-ring (bicyclic) bond motifs is 1. The van der Waals surface area contributed by atoms with E-state index >= 15 is 0 Å². The summed E-state index contributed by atoms with van der Waals surface area (Å²) in [4.78, 5) is 4.76. The zero-order valence-corrected chi connectivity index (χ0v) is 14.3. The van der Waals surface area contributed by atoms with Gasteiger partial charge in [-0.3, -0.25) is 4.40 Å². The van der Waals surface area contributed by atoms with Gasteiger partial charge in [0.1, 0.15) is 11.5 Å². The zero-order valence-electron chi connectivity index (χ0n) is 13.5. The summed E-state index contributed by atoms with van der Waals surface area (Å²) in [5.41, 5.74) is 2.76. The molecule has 2 heterocycles. The van der Waals surface area contributed by atoms with Crippen molar-refractivity contribution in [3.05, 3.63) is 60.4 Å². The van der Waals surface area contributed by atoms with E-state index in [0.29, 0.717) is 5.11 Å². The fraction of sp³-hybridized carbons (Fsp3) is 0.222. The van der Waals surface area contributed by atoms with Gasteiger partial charge in [0.25, 0.3) is 0 Å². The van der Waals surface area contributed by atoms with Gasteiger partial charge in [-0.25, -0.2) is 4.98 Å². The van der Waals surface area contributed by atoms with E-state index in [2.05, 4.69) is 31.4 Å². The molecule has 0 aliphatic carbocycles. The van der Waals surface area contributed by atoms with Gasteiger partial charge in [0.05, 0.1) is 5.69 Å². The van der Waals surface area contributed by atoms with Crippen LogP contribution in [0.1, 0.15) is 26.5 Å². The van der Waals surface area contributed by atoms with E-state index < -0.39 is 0 Å². The van der Waals surface area contributed by atoms with Crippen molar-refractivity contribution in [2.24, 2.45) is 0 Å². The molecule has 0 bridgehead atoms. The molecule has 118 valence electrons. The molecular weight excluding hydrogens is 304 g/mol. The van der Waals surface area contributed by atoms with Gasteiger partial charge in [-0.05, 0) is 36.5 Å². The molecule has 3 rings (SSSR count). The molecular formula is C18H20N4S. The first-order valence-electron chi connectivity index (χ1n) is 7.56. The predicted octanol–water partition coefficient (Wildman–Crippen LogP) is 4.44. The highest BCUT2D eigenvalue weighted by molar-refractivity contribution is 7.80. The first kappa shape index (κ1) is 15.5. The minimum Gasteiger partial charge on any atom is -0.332 e. The van der Waals surface area contributed by atoms with Gasteiger partial charge in [-0.1, -0.05) is 45.0 Å². The SMILES string of the molecule is CC(C)(C)c1nc2ccccn2c1NC(=S)Nc1ccccc1. The molecule has 0 saturated heterocycles. The Kier molecular flexibility index (Phi) is 4.05. The molecule has 5 heteroatoms. The van der Waals surface area contributed by atoms with Crippen LogP contribution in [0.2, 0.25) is 0 Å². The number of hydrogen-bond donors (Lipinski definition) is 2. The average Bonchev–Trinajstić information content (AvgIpc) is 2.87. The lowest BCUT2D eigenvalue weighted by Gasteiger charge is -2.19. The van der Waals surface area contributed by atoms with Gasteiger partial charge < -0.3 is 10.6 Å². The third-order valence-corrected chi connectivity index (χ3v) is 3.71. The van der Waals surface area contributed by atoms with E-state index in [4.69, 9.17) is 17.2 Å². The summed E-state index contributed by atoms with van der Waals surface area (Å²) in [5, 5.41) is 7.06. The largest absolute Gasteiger partial charge is 0.332 e. The second-order valence-electron chi connectivity index (χ2n) is 6.43. The lowest BCUT2D eigenvalue weighted by molar-refractivity contribution is 0.575. The van der Waals surface area contributed by atoms with Gasteiger partial charge in [0.2, 0.25) is 0 Å². The lowest BCUT2D eigenvalue weighted by Crippen LogP contribution is -2.23. The van der Waals surface area contributed by atoms with Crippen LogP contribution in [0.3, 0.4) is 0 Å². The summed E-state index contributed by atoms with van der Waals surface area (Å²) in [6.45, 7) is 6.44. The molecule has 3 aromatic rings. The molecule has 2 aromatic heterocycles. The molecule has 1 aromatic carbocycles. The Morgan fingerprint density at radius 3 is 2.39 bits per heavy atom. The number of para-hydroxylation sites is 1. The number of thiocarbonyl (C=S) groups is 1. The van der Waals surface area contributed by atoms with Crippen LogP contribution in [0.25, 0.3) is 5.65 Å². The van der Waals surface area contributed by atoms with Crippen LogP contribution < -0.4 is 10.6 Å². The first-order chi connectivity index (χ1) is 10.9. The van der Waals surface area contributed by atoms with Gasteiger partial charge in [0.15, 0.2) is 5.11 Å². The molecule has 0 amide bonds. The maximum Gasteiger partial charge on any atom is 0.176 e. The van der Waals surface area contributed by atoms with Gasteiger partial charge in [-0.15, -0.1) is 0 Å². The number of rotatable bonds is 2. The molecule has 2 N–H and O–H groups in total. The van der Waals surface area contributed by atoms with Crippen molar-refractivity contribution < 1.29 is 0 Å². The van der Waals surface area contributed by atoms with Crippen molar-refractivity contribution in [3.8, 4) is 0 Å². The number of benzene rings is 1. The fourth-order valence-electron chi connectivity index (χ4n) is 2.43. The number of nitrogens with one attached hydrogen (secondary N) is 2. The van der Waals surface area contributed by atoms with Gasteiger partial charge in [0, 0.05) is 17.3 Å². The van der Waals surface area contributed by atoms with Crippen molar-refractivity contribution >= 4 is 34.5 Å². The number of nitrogens with zero attached hydrogens (tertiary/aromatic N) is 2. The predicted molar refractivity (Wildman–Crippen MR) is 100 cm³/mol. The minimum absolute atomic E-state index is 0.0866. The Morgan fingerprint density at radius 2 is 1.70 bits per heavy atom. The third kappa shape index (κ3) is 3.35. The van der Waals surface area contributed by atoms with Gasteiger partial charge >= 0.3 is 0 Å². The molecule has 0 radical (unpaired) electrons. The van der Waals surface area contributed by atoms with E-state index in [0.717, 1.165) is 22.8 Å². The van der Waals surface area contributed by atoms with Crippen LogP contribution in [0, 0.1) is 0 Å². The lowest BCUT2D eigenvalue weighted by atomic mass is 9.92. The van der Waals surface area contributed by atoms with Crippen LogP contribution in [-0.4, -0.2) is 14.5 Å². The number of hydrogen-bond acceptors (Lipinski definition) is 2. The van der Waals surface area contributed by atoms with Crippen LogP contribution >= 0.6 is 12.2 Å². The van der Waals surface area contributed by atoms with E-state index in [9.17, 15) is 0 Å². The average molecular weight is 324 g/mol. The number of pyridine rings is 1. The topological polar surface area (TPSA) is 41.4 Å². The van der Waals surface area contributed by atoms with Crippen LogP contribution in [0.15, 0.2) is 54.7 Å². The molecule has 4 nitrogen and oxygen atoms in total. The van der Waals surface area contributed by atoms with E-state index in [1.807, 2.05) is 59.1 Å². The van der Waals surface area contributed by atoms with Crippen LogP contribution in [0.4, 0.5) is 11.5 Å². The Morgan fingerprint density at radius 1 is 1.00 bits per heavy atom. The molecule has 0 aliphatic heterocycles. The second kappa shape index (κ2) is 6.01. The van der Waals surface area contributed by atoms with Crippen LogP contribution in [0.5, 0.6) is 0 Å². The van der Waals surface area contributed by atoms with Crippen LogP contribution in [-0.2, 0) is 5.41 Å². The number of aromatic nitrogens is 2. The fourth-order valence-corrected chi connectivity index (χ4v) is 2.64. The number of imidazole rings is 1. The Labute approximate surface area is 141 Å². The molecule has 23 heavy (non-hydrogen) atoms. The molecule has 0 aliphatic rings. The molecule has 0 fully saturated rings. The van der Waals surface area contributed by atoms with Crippen molar-refractivity contribution in [3.63, 3.8) is 0 Å². The Hall–Kier alpha value is -2.40.